The van der Waals surface area contributed by atoms with Crippen LogP contribution in [0.2, 0.25) is 0 Å². The van der Waals surface area contributed by atoms with Crippen LogP contribution in [0.5, 0.6) is 0 Å². The number of benzene rings is 1. The maximum atomic E-state index is 12.7. The standard InChI is InChI=1S/C20H22N4O2/c1-3-14(2)22-19(25)13-24-20(26)17-7-5-4-6-16(17)18(23-24)12-15-8-10-21-11-9-15/h4-11,14H,3,12-13H2,1-2H3,(H,22,25)/t14-/m1/s1. The number of hydrogen-bond acceptors (Lipinski definition) is 4. The van der Waals surface area contributed by atoms with Gasteiger partial charge in [0.05, 0.1) is 11.1 Å². The first kappa shape index (κ1) is 17.8. The van der Waals surface area contributed by atoms with Gasteiger partial charge in [-0.15, -0.1) is 0 Å². The lowest BCUT2D eigenvalue weighted by atomic mass is 10.1. The minimum atomic E-state index is -0.252. The first-order chi connectivity index (χ1) is 12.6. The molecule has 2 aromatic heterocycles. The van der Waals surface area contributed by atoms with Crippen molar-refractivity contribution in [3.05, 3.63) is 70.4 Å². The van der Waals surface area contributed by atoms with Crippen LogP contribution >= 0.6 is 0 Å². The Bertz CT molecular complexity index is 966. The second-order valence-electron chi connectivity index (χ2n) is 6.36. The molecule has 0 aliphatic carbocycles. The van der Waals surface area contributed by atoms with Crippen LogP contribution in [0.3, 0.4) is 0 Å². The highest BCUT2D eigenvalue weighted by Gasteiger charge is 2.14. The number of aromatic nitrogens is 3. The van der Waals surface area contributed by atoms with Crippen LogP contribution < -0.4 is 10.9 Å². The molecule has 0 radical (unpaired) electrons. The molecule has 0 fully saturated rings. The van der Waals surface area contributed by atoms with Gasteiger partial charge in [-0.2, -0.15) is 5.10 Å². The maximum Gasteiger partial charge on any atom is 0.275 e. The lowest BCUT2D eigenvalue weighted by Gasteiger charge is -2.14. The number of pyridine rings is 1. The minimum absolute atomic E-state index is 0.0648. The predicted molar refractivity (Wildman–Crippen MR) is 101 cm³/mol. The van der Waals surface area contributed by atoms with E-state index in [1.54, 1.807) is 18.5 Å². The highest BCUT2D eigenvalue weighted by Crippen LogP contribution is 2.16. The molecular weight excluding hydrogens is 328 g/mol. The molecule has 1 amide bonds. The van der Waals surface area contributed by atoms with Gasteiger partial charge in [-0.25, -0.2) is 4.68 Å². The van der Waals surface area contributed by atoms with Gasteiger partial charge in [0.15, 0.2) is 0 Å². The Morgan fingerprint density at radius 2 is 1.85 bits per heavy atom. The van der Waals surface area contributed by atoms with E-state index in [9.17, 15) is 9.59 Å². The topological polar surface area (TPSA) is 76.9 Å². The molecule has 2 heterocycles. The summed E-state index contributed by atoms with van der Waals surface area (Å²) in [6.07, 6.45) is 4.86. The molecule has 3 aromatic rings. The Morgan fingerprint density at radius 3 is 2.54 bits per heavy atom. The Morgan fingerprint density at radius 1 is 1.15 bits per heavy atom. The van der Waals surface area contributed by atoms with Crippen LogP contribution in [-0.2, 0) is 17.8 Å². The molecule has 6 heteroatoms. The van der Waals surface area contributed by atoms with E-state index in [4.69, 9.17) is 0 Å². The highest BCUT2D eigenvalue weighted by molar-refractivity contribution is 5.84. The molecule has 134 valence electrons. The van der Waals surface area contributed by atoms with E-state index < -0.39 is 0 Å². The average molecular weight is 350 g/mol. The zero-order valence-electron chi connectivity index (χ0n) is 15.0. The molecule has 6 nitrogen and oxygen atoms in total. The SMILES string of the molecule is CC[C@@H](C)NC(=O)Cn1nc(Cc2ccncc2)c2ccccc2c1=O. The van der Waals surface area contributed by atoms with Crippen LogP contribution in [-0.4, -0.2) is 26.7 Å². The number of nitrogens with one attached hydrogen (secondary N) is 1. The second-order valence-corrected chi connectivity index (χ2v) is 6.36. The van der Waals surface area contributed by atoms with Crippen molar-refractivity contribution in [3.63, 3.8) is 0 Å². The van der Waals surface area contributed by atoms with Crippen molar-refractivity contribution in [1.29, 1.82) is 0 Å². The fourth-order valence-corrected chi connectivity index (χ4v) is 2.80. The molecule has 3 rings (SSSR count). The Kier molecular flexibility index (Phi) is 5.41. The monoisotopic (exact) mass is 350 g/mol. The van der Waals surface area contributed by atoms with Crippen molar-refractivity contribution in [1.82, 2.24) is 20.1 Å². The van der Waals surface area contributed by atoms with Crippen molar-refractivity contribution < 1.29 is 4.79 Å². The lowest BCUT2D eigenvalue weighted by molar-refractivity contribution is -0.122. The highest BCUT2D eigenvalue weighted by atomic mass is 16.2. The Labute approximate surface area is 151 Å². The average Bonchev–Trinajstić information content (AvgIpc) is 2.66. The molecule has 0 aliphatic heterocycles. The van der Waals surface area contributed by atoms with Crippen LogP contribution in [0, 0.1) is 0 Å². The van der Waals surface area contributed by atoms with Gasteiger partial charge in [0, 0.05) is 30.2 Å². The van der Waals surface area contributed by atoms with Gasteiger partial charge in [0.1, 0.15) is 6.54 Å². The summed E-state index contributed by atoms with van der Waals surface area (Å²) in [6.45, 7) is 3.85. The Balaban J connectivity index is 2.00. The second kappa shape index (κ2) is 7.91. The molecule has 1 N–H and O–H groups in total. The quantitative estimate of drug-likeness (QED) is 0.740. The van der Waals surface area contributed by atoms with Gasteiger partial charge < -0.3 is 5.32 Å². The fourth-order valence-electron chi connectivity index (χ4n) is 2.80. The summed E-state index contributed by atoms with van der Waals surface area (Å²) in [5.74, 6) is -0.209. The fraction of sp³-hybridized carbons (Fsp3) is 0.300. The van der Waals surface area contributed by atoms with Gasteiger partial charge in [-0.05, 0) is 37.1 Å². The molecular formula is C20H22N4O2. The zero-order valence-corrected chi connectivity index (χ0v) is 15.0. The summed E-state index contributed by atoms with van der Waals surface area (Å²) in [5.41, 5.74) is 1.56. The van der Waals surface area contributed by atoms with E-state index in [2.05, 4.69) is 15.4 Å². The number of rotatable bonds is 6. The van der Waals surface area contributed by atoms with E-state index in [1.807, 2.05) is 44.2 Å². The van der Waals surface area contributed by atoms with E-state index in [0.717, 1.165) is 23.1 Å². The van der Waals surface area contributed by atoms with Gasteiger partial charge >= 0.3 is 0 Å². The molecule has 0 unspecified atom stereocenters. The third kappa shape index (κ3) is 3.96. The summed E-state index contributed by atoms with van der Waals surface area (Å²) in [7, 11) is 0. The van der Waals surface area contributed by atoms with E-state index >= 15 is 0 Å². The van der Waals surface area contributed by atoms with Crippen molar-refractivity contribution >= 4 is 16.7 Å². The van der Waals surface area contributed by atoms with E-state index in [-0.39, 0.29) is 24.1 Å². The third-order valence-corrected chi connectivity index (χ3v) is 4.38. The van der Waals surface area contributed by atoms with Crippen molar-refractivity contribution in [2.75, 3.05) is 0 Å². The molecule has 0 spiro atoms. The summed E-state index contributed by atoms with van der Waals surface area (Å²) in [5, 5.41) is 8.75. The molecule has 0 aliphatic rings. The summed E-state index contributed by atoms with van der Waals surface area (Å²) >= 11 is 0. The first-order valence-electron chi connectivity index (χ1n) is 8.75. The van der Waals surface area contributed by atoms with Crippen molar-refractivity contribution in [2.45, 2.75) is 39.3 Å². The number of carbonyl (C=O) groups is 1. The lowest BCUT2D eigenvalue weighted by Crippen LogP contribution is -2.38. The van der Waals surface area contributed by atoms with Gasteiger partial charge in [-0.1, -0.05) is 25.1 Å². The van der Waals surface area contributed by atoms with Gasteiger partial charge in [0.25, 0.3) is 5.56 Å². The van der Waals surface area contributed by atoms with Crippen LogP contribution in [0.1, 0.15) is 31.5 Å². The van der Waals surface area contributed by atoms with Crippen LogP contribution in [0.15, 0.2) is 53.6 Å². The van der Waals surface area contributed by atoms with Crippen molar-refractivity contribution in [2.24, 2.45) is 0 Å². The van der Waals surface area contributed by atoms with Gasteiger partial charge in [0.2, 0.25) is 5.91 Å². The van der Waals surface area contributed by atoms with Gasteiger partial charge in [-0.3, -0.25) is 14.6 Å². The number of nitrogens with zero attached hydrogens (tertiary/aromatic N) is 3. The van der Waals surface area contributed by atoms with Crippen LogP contribution in [0.4, 0.5) is 0 Å². The molecule has 0 saturated heterocycles. The summed E-state index contributed by atoms with van der Waals surface area (Å²) < 4.78 is 1.26. The number of hydrogen-bond donors (Lipinski definition) is 1. The van der Waals surface area contributed by atoms with Crippen LogP contribution in [0.25, 0.3) is 10.8 Å². The first-order valence-corrected chi connectivity index (χ1v) is 8.75. The molecule has 1 atom stereocenters. The predicted octanol–water partition coefficient (Wildman–Crippen LogP) is 2.30. The van der Waals surface area contributed by atoms with E-state index in [0.29, 0.717) is 11.8 Å². The minimum Gasteiger partial charge on any atom is -0.352 e. The summed E-state index contributed by atoms with van der Waals surface area (Å²) in [4.78, 5) is 29.0. The Hall–Kier alpha value is -3.02. The van der Waals surface area contributed by atoms with Crippen molar-refractivity contribution in [3.8, 4) is 0 Å². The molecule has 0 bridgehead atoms. The maximum absolute atomic E-state index is 12.7. The number of amides is 1. The smallest absolute Gasteiger partial charge is 0.275 e. The number of fused-ring (bicyclic) bond motifs is 1. The normalized spacial score (nSPS) is 12.1. The molecule has 0 saturated carbocycles. The third-order valence-electron chi connectivity index (χ3n) is 4.38. The largest absolute Gasteiger partial charge is 0.352 e. The summed E-state index contributed by atoms with van der Waals surface area (Å²) in [6, 6.07) is 11.3. The van der Waals surface area contributed by atoms with E-state index in [1.165, 1.54) is 4.68 Å². The number of carbonyl (C=O) groups excluding carboxylic acids is 1. The zero-order chi connectivity index (χ0) is 18.5. The molecule has 26 heavy (non-hydrogen) atoms. The molecule has 1 aromatic carbocycles.